The van der Waals surface area contributed by atoms with E-state index >= 15 is 0 Å². The fourth-order valence-corrected chi connectivity index (χ4v) is 2.85. The normalized spacial score (nSPS) is 15.4. The summed E-state index contributed by atoms with van der Waals surface area (Å²) in [7, 11) is 0. The number of nitrogens with one attached hydrogen (secondary N) is 1. The second-order valence-electron chi connectivity index (χ2n) is 5.96. The molecule has 1 aromatic carbocycles. The van der Waals surface area contributed by atoms with Crippen LogP contribution in [0.4, 0.5) is 0 Å². The molecule has 2 amide bonds. The lowest BCUT2D eigenvalue weighted by atomic mass is 10.0. The highest BCUT2D eigenvalue weighted by molar-refractivity contribution is 6.36. The van der Waals surface area contributed by atoms with Crippen molar-refractivity contribution in [3.8, 4) is 0 Å². The van der Waals surface area contributed by atoms with Crippen LogP contribution in [0.1, 0.15) is 37.0 Å². The van der Waals surface area contributed by atoms with Crippen molar-refractivity contribution in [2.24, 2.45) is 5.92 Å². The summed E-state index contributed by atoms with van der Waals surface area (Å²) >= 11 is 11.9. The van der Waals surface area contributed by atoms with E-state index in [2.05, 4.69) is 5.32 Å². The highest BCUT2D eigenvalue weighted by Crippen LogP contribution is 2.21. The lowest BCUT2D eigenvalue weighted by molar-refractivity contribution is -0.137. The van der Waals surface area contributed by atoms with E-state index in [1.165, 1.54) is 6.07 Å². The van der Waals surface area contributed by atoms with Crippen LogP contribution >= 0.6 is 23.2 Å². The number of hydrogen-bond acceptors (Lipinski definition) is 2. The smallest absolute Gasteiger partial charge is 0.253 e. The van der Waals surface area contributed by atoms with Gasteiger partial charge in [-0.25, -0.2) is 0 Å². The van der Waals surface area contributed by atoms with Gasteiger partial charge in [0.15, 0.2) is 0 Å². The van der Waals surface area contributed by atoms with Gasteiger partial charge in [0.1, 0.15) is 6.04 Å². The molecule has 1 heterocycles. The van der Waals surface area contributed by atoms with E-state index in [4.69, 9.17) is 23.2 Å². The van der Waals surface area contributed by atoms with E-state index in [0.29, 0.717) is 22.9 Å². The fraction of sp³-hybridized carbons (Fsp3) is 0.500. The Morgan fingerprint density at radius 2 is 1.95 bits per heavy atom. The molecule has 2 rings (SSSR count). The molecule has 1 fully saturated rings. The summed E-state index contributed by atoms with van der Waals surface area (Å²) in [5.74, 6) is -0.0595. The summed E-state index contributed by atoms with van der Waals surface area (Å²) < 4.78 is 0. The maximum atomic E-state index is 12.4. The minimum atomic E-state index is -0.514. The Bertz CT molecular complexity index is 571. The van der Waals surface area contributed by atoms with Crippen molar-refractivity contribution in [2.75, 3.05) is 13.1 Å². The zero-order valence-corrected chi connectivity index (χ0v) is 14.2. The molecule has 1 aromatic rings. The minimum Gasteiger partial charge on any atom is -0.341 e. The van der Waals surface area contributed by atoms with Crippen LogP contribution in [0.25, 0.3) is 0 Å². The minimum absolute atomic E-state index is 0.0154. The highest BCUT2D eigenvalue weighted by atomic mass is 35.5. The zero-order chi connectivity index (χ0) is 16.3. The van der Waals surface area contributed by atoms with Crippen molar-refractivity contribution in [3.05, 3.63) is 33.8 Å². The molecule has 0 bridgehead atoms. The van der Waals surface area contributed by atoms with Gasteiger partial charge in [0, 0.05) is 18.1 Å². The lowest BCUT2D eigenvalue weighted by Gasteiger charge is -2.34. The molecule has 6 heteroatoms. The van der Waals surface area contributed by atoms with Gasteiger partial charge in [0.2, 0.25) is 5.91 Å². The first-order chi connectivity index (χ1) is 10.4. The second-order valence-corrected chi connectivity index (χ2v) is 6.80. The third kappa shape index (κ3) is 4.14. The summed E-state index contributed by atoms with van der Waals surface area (Å²) in [5, 5.41) is 3.57. The molecule has 1 saturated heterocycles. The Hall–Kier alpha value is -1.26. The highest BCUT2D eigenvalue weighted by Gasteiger charge is 2.30. The SMILES string of the molecule is CC(C)CC(NC(=O)c1ccc(Cl)cc1Cl)C(=O)N1CCC1. The lowest BCUT2D eigenvalue weighted by Crippen LogP contribution is -2.53. The predicted molar refractivity (Wildman–Crippen MR) is 88.4 cm³/mol. The largest absolute Gasteiger partial charge is 0.341 e. The van der Waals surface area contributed by atoms with Crippen LogP contribution in [0.3, 0.4) is 0 Å². The molecule has 1 N–H and O–H groups in total. The molecule has 120 valence electrons. The Morgan fingerprint density at radius 1 is 1.27 bits per heavy atom. The maximum Gasteiger partial charge on any atom is 0.253 e. The van der Waals surface area contributed by atoms with Crippen molar-refractivity contribution in [1.82, 2.24) is 10.2 Å². The second kappa shape index (κ2) is 7.34. The van der Waals surface area contributed by atoms with Crippen LogP contribution in [0.5, 0.6) is 0 Å². The van der Waals surface area contributed by atoms with Gasteiger partial charge in [-0.2, -0.15) is 0 Å². The third-order valence-corrected chi connectivity index (χ3v) is 4.20. The summed E-state index contributed by atoms with van der Waals surface area (Å²) in [6.07, 6.45) is 1.63. The van der Waals surface area contributed by atoms with Crippen LogP contribution < -0.4 is 5.32 Å². The third-order valence-electron chi connectivity index (χ3n) is 3.65. The van der Waals surface area contributed by atoms with Crippen LogP contribution in [0.2, 0.25) is 10.0 Å². The molecule has 0 spiro atoms. The number of rotatable bonds is 5. The number of hydrogen-bond donors (Lipinski definition) is 1. The van der Waals surface area contributed by atoms with E-state index < -0.39 is 6.04 Å². The van der Waals surface area contributed by atoms with E-state index in [1.807, 2.05) is 13.8 Å². The number of nitrogens with zero attached hydrogens (tertiary/aromatic N) is 1. The van der Waals surface area contributed by atoms with Gasteiger partial charge < -0.3 is 10.2 Å². The number of halogens is 2. The van der Waals surface area contributed by atoms with Gasteiger partial charge in [0.05, 0.1) is 10.6 Å². The molecule has 4 nitrogen and oxygen atoms in total. The summed E-state index contributed by atoms with van der Waals surface area (Å²) in [4.78, 5) is 26.6. The molecule has 22 heavy (non-hydrogen) atoms. The van der Waals surface area contributed by atoms with Crippen molar-refractivity contribution in [3.63, 3.8) is 0 Å². The predicted octanol–water partition coefficient (Wildman–Crippen LogP) is 3.37. The van der Waals surface area contributed by atoms with Crippen LogP contribution in [0, 0.1) is 5.92 Å². The molecule has 1 aliphatic heterocycles. The van der Waals surface area contributed by atoms with Crippen LogP contribution in [-0.4, -0.2) is 35.8 Å². The first kappa shape index (κ1) is 17.1. The molecular weight excluding hydrogens is 323 g/mol. The number of benzene rings is 1. The van der Waals surface area contributed by atoms with E-state index in [-0.39, 0.29) is 16.8 Å². The topological polar surface area (TPSA) is 49.4 Å². The first-order valence-electron chi connectivity index (χ1n) is 7.43. The molecular formula is C16H20Cl2N2O2. The number of amides is 2. The van der Waals surface area contributed by atoms with Gasteiger partial charge in [-0.15, -0.1) is 0 Å². The summed E-state index contributed by atoms with van der Waals surface area (Å²) in [5.41, 5.74) is 0.330. The molecule has 1 unspecified atom stereocenters. The van der Waals surface area contributed by atoms with E-state index in [1.54, 1.807) is 17.0 Å². The van der Waals surface area contributed by atoms with E-state index in [0.717, 1.165) is 19.5 Å². The zero-order valence-electron chi connectivity index (χ0n) is 12.7. The van der Waals surface area contributed by atoms with Gasteiger partial charge in [-0.1, -0.05) is 37.0 Å². The van der Waals surface area contributed by atoms with Crippen LogP contribution in [0.15, 0.2) is 18.2 Å². The van der Waals surface area contributed by atoms with Crippen molar-refractivity contribution < 1.29 is 9.59 Å². The molecule has 0 radical (unpaired) electrons. The Morgan fingerprint density at radius 3 is 2.45 bits per heavy atom. The van der Waals surface area contributed by atoms with E-state index in [9.17, 15) is 9.59 Å². The molecule has 0 saturated carbocycles. The average Bonchev–Trinajstić information content (AvgIpc) is 2.34. The van der Waals surface area contributed by atoms with Gasteiger partial charge >= 0.3 is 0 Å². The van der Waals surface area contributed by atoms with Crippen molar-refractivity contribution >= 4 is 35.0 Å². The van der Waals surface area contributed by atoms with Crippen molar-refractivity contribution in [2.45, 2.75) is 32.7 Å². The molecule has 1 atom stereocenters. The number of likely N-dealkylation sites (tertiary alicyclic amines) is 1. The van der Waals surface area contributed by atoms with Gasteiger partial charge in [-0.05, 0) is 37.0 Å². The fourth-order valence-electron chi connectivity index (χ4n) is 2.36. The van der Waals surface area contributed by atoms with Crippen LogP contribution in [-0.2, 0) is 4.79 Å². The Labute approximate surface area is 140 Å². The molecule has 0 aromatic heterocycles. The quantitative estimate of drug-likeness (QED) is 0.891. The average molecular weight is 343 g/mol. The Kier molecular flexibility index (Phi) is 5.70. The maximum absolute atomic E-state index is 12.4. The Balaban J connectivity index is 2.11. The molecule has 0 aliphatic carbocycles. The van der Waals surface area contributed by atoms with Crippen molar-refractivity contribution in [1.29, 1.82) is 0 Å². The van der Waals surface area contributed by atoms with Gasteiger partial charge in [0.25, 0.3) is 5.91 Å². The monoisotopic (exact) mass is 342 g/mol. The number of carbonyl (C=O) groups is 2. The van der Waals surface area contributed by atoms with Gasteiger partial charge in [-0.3, -0.25) is 9.59 Å². The standard InChI is InChI=1S/C16H20Cl2N2O2/c1-10(2)8-14(16(22)20-6-3-7-20)19-15(21)12-5-4-11(17)9-13(12)18/h4-5,9-10,14H,3,6-8H2,1-2H3,(H,19,21). The number of carbonyl (C=O) groups excluding carboxylic acids is 2. The summed E-state index contributed by atoms with van der Waals surface area (Å²) in [6, 6.07) is 4.18. The summed E-state index contributed by atoms with van der Waals surface area (Å²) in [6.45, 7) is 5.59. The first-order valence-corrected chi connectivity index (χ1v) is 8.18. The molecule has 1 aliphatic rings.